The van der Waals surface area contributed by atoms with E-state index in [1.165, 1.54) is 0 Å². The Hall–Kier alpha value is -6.06. The molecule has 3 aromatic heterocycles. The van der Waals surface area contributed by atoms with Crippen molar-refractivity contribution in [2.24, 2.45) is 0 Å². The molecule has 10 aromatic rings. The van der Waals surface area contributed by atoms with Gasteiger partial charge in [0.2, 0.25) is 0 Å². The van der Waals surface area contributed by atoms with Crippen molar-refractivity contribution in [1.82, 2.24) is 9.13 Å². The van der Waals surface area contributed by atoms with E-state index in [0.29, 0.717) is 5.56 Å². The summed E-state index contributed by atoms with van der Waals surface area (Å²) in [6.07, 6.45) is 0. The third-order valence-corrected chi connectivity index (χ3v) is 8.97. The van der Waals surface area contributed by atoms with Crippen molar-refractivity contribution in [3.8, 4) is 22.5 Å². The monoisotopic (exact) mass is 579 g/mol. The predicted molar refractivity (Wildman–Crippen MR) is 188 cm³/mol. The van der Waals surface area contributed by atoms with Gasteiger partial charge in [0, 0.05) is 43.7 Å². The van der Waals surface area contributed by atoms with Crippen LogP contribution in [0.15, 0.2) is 162 Å². The van der Waals surface area contributed by atoms with Gasteiger partial charge in [0.05, 0.1) is 28.9 Å². The van der Waals surface area contributed by atoms with E-state index in [4.69, 9.17) is 11.3 Å². The summed E-state index contributed by atoms with van der Waals surface area (Å²) in [7, 11) is 0. The highest BCUT2D eigenvalue weighted by Crippen LogP contribution is 2.42. The molecule has 3 heteroatoms. The number of furan rings is 1. The topological polar surface area (TPSA) is 23.0 Å². The Morgan fingerprint density at radius 1 is 0.444 bits per heavy atom. The number of para-hydroxylation sites is 4. The molecule has 10 rings (SSSR count). The normalized spacial score (nSPS) is 13.6. The zero-order valence-electron chi connectivity index (χ0n) is 28.9. The summed E-state index contributed by atoms with van der Waals surface area (Å²) in [5.41, 5.74) is 7.63. The first kappa shape index (κ1) is 20.0. The van der Waals surface area contributed by atoms with Crippen molar-refractivity contribution < 1.29 is 11.3 Å². The summed E-state index contributed by atoms with van der Waals surface area (Å²) in [6.45, 7) is 0. The number of rotatable bonds is 3. The van der Waals surface area contributed by atoms with Crippen LogP contribution in [0.5, 0.6) is 0 Å². The molecule has 45 heavy (non-hydrogen) atoms. The van der Waals surface area contributed by atoms with Crippen molar-refractivity contribution in [1.29, 1.82) is 0 Å². The van der Waals surface area contributed by atoms with Gasteiger partial charge in [0.15, 0.2) is 5.58 Å². The van der Waals surface area contributed by atoms with Crippen molar-refractivity contribution >= 4 is 65.6 Å². The van der Waals surface area contributed by atoms with Crippen LogP contribution in [0.1, 0.15) is 6.85 Å². The van der Waals surface area contributed by atoms with E-state index in [2.05, 4.69) is 69.8 Å². The second-order valence-electron chi connectivity index (χ2n) is 11.4. The zero-order valence-corrected chi connectivity index (χ0v) is 23.9. The predicted octanol–water partition coefficient (Wildman–Crippen LogP) is 11.4. The fourth-order valence-electron chi connectivity index (χ4n) is 7.09. The van der Waals surface area contributed by atoms with Crippen molar-refractivity contribution in [2.45, 2.75) is 0 Å². The van der Waals surface area contributed by atoms with Gasteiger partial charge < -0.3 is 13.6 Å². The first-order chi connectivity index (χ1) is 24.4. The average Bonchev–Trinajstić information content (AvgIpc) is 3.81. The fourth-order valence-corrected chi connectivity index (χ4v) is 7.09. The lowest BCUT2D eigenvalue weighted by molar-refractivity contribution is 0.671. The van der Waals surface area contributed by atoms with Crippen molar-refractivity contribution in [3.05, 3.63) is 158 Å². The number of hydrogen-bond donors (Lipinski definition) is 0. The minimum atomic E-state index is -0.419. The number of hydrogen-bond acceptors (Lipinski definition) is 1. The highest BCUT2D eigenvalue weighted by Gasteiger charge is 2.20. The van der Waals surface area contributed by atoms with Crippen LogP contribution in [0.3, 0.4) is 0 Å². The molecule has 210 valence electrons. The van der Waals surface area contributed by atoms with Crippen LogP contribution >= 0.6 is 0 Å². The molecule has 0 saturated carbocycles. The Labute approximate surface area is 265 Å². The molecule has 0 bridgehead atoms. The number of nitrogens with zero attached hydrogens (tertiary/aromatic N) is 2. The molecule has 0 fully saturated rings. The van der Waals surface area contributed by atoms with Gasteiger partial charge in [-0.05, 0) is 59.7 Å². The van der Waals surface area contributed by atoms with E-state index in [9.17, 15) is 0 Å². The molecule has 0 aliphatic carbocycles. The summed E-state index contributed by atoms with van der Waals surface area (Å²) in [5.74, 6) is 0. The van der Waals surface area contributed by atoms with Gasteiger partial charge >= 0.3 is 0 Å². The number of aromatic nitrogens is 2. The maximum Gasteiger partial charge on any atom is 0.160 e. The molecule has 0 amide bonds. The Kier molecular flexibility index (Phi) is 4.10. The van der Waals surface area contributed by atoms with E-state index >= 15 is 0 Å². The lowest BCUT2D eigenvalue weighted by atomic mass is 10.0. The van der Waals surface area contributed by atoms with Crippen LogP contribution < -0.4 is 0 Å². The SMILES string of the molecule is [2H]c1c([2H])c([2H])c(-c2cc(-n3c4ccccc4c4ccccc43)cc(-n3c4ccccc4c4ccc5c6ccccc6oc5c43)c2)c([2H])c1[2H]. The molecule has 0 radical (unpaired) electrons. The third kappa shape index (κ3) is 3.46. The minimum absolute atomic E-state index is 0.148. The third-order valence-electron chi connectivity index (χ3n) is 8.97. The molecule has 3 nitrogen and oxygen atoms in total. The summed E-state index contributed by atoms with van der Waals surface area (Å²) in [4.78, 5) is 0. The maximum atomic E-state index is 8.96. The molecule has 0 aliphatic heterocycles. The number of benzene rings is 7. The first-order valence-corrected chi connectivity index (χ1v) is 15.0. The second kappa shape index (κ2) is 9.22. The second-order valence-corrected chi connectivity index (χ2v) is 11.4. The van der Waals surface area contributed by atoms with Crippen LogP contribution in [-0.4, -0.2) is 9.13 Å². The maximum absolute atomic E-state index is 8.96. The minimum Gasteiger partial charge on any atom is -0.454 e. The molecular formula is C42H26N2O. The van der Waals surface area contributed by atoms with E-state index in [0.717, 1.165) is 76.9 Å². The Morgan fingerprint density at radius 2 is 0.978 bits per heavy atom. The van der Waals surface area contributed by atoms with Gasteiger partial charge in [0.25, 0.3) is 0 Å². The Balaban J connectivity index is 1.40. The van der Waals surface area contributed by atoms with E-state index in [1.54, 1.807) is 0 Å². The molecule has 0 atom stereocenters. The van der Waals surface area contributed by atoms with Gasteiger partial charge in [-0.15, -0.1) is 0 Å². The molecule has 0 aliphatic rings. The summed E-state index contributed by atoms with van der Waals surface area (Å²) < 4.78 is 54.2. The molecule has 3 heterocycles. The van der Waals surface area contributed by atoms with Gasteiger partial charge in [0.1, 0.15) is 5.58 Å². The fraction of sp³-hybridized carbons (Fsp3) is 0. The molecule has 7 aromatic carbocycles. The standard InChI is InChI=1S/C42H26N2O/c1-2-12-27(13-3-1)28-24-29(43-37-18-8-4-14-31(37)32-15-5-9-19-38(32)43)26-30(25-28)44-39-20-10-6-16-33(39)35-22-23-36-34-17-7-11-21-40(34)45-42(36)41(35)44/h1-26H/i1D,2D,3D,12D,13D. The van der Waals surface area contributed by atoms with Gasteiger partial charge in [-0.3, -0.25) is 0 Å². The van der Waals surface area contributed by atoms with Gasteiger partial charge in [-0.2, -0.15) is 0 Å². The molecular weight excluding hydrogens is 548 g/mol. The molecule has 0 unspecified atom stereocenters. The molecule has 0 spiro atoms. The summed E-state index contributed by atoms with van der Waals surface area (Å²) >= 11 is 0. The lowest BCUT2D eigenvalue weighted by Crippen LogP contribution is -2.00. The molecule has 0 N–H and O–H groups in total. The largest absolute Gasteiger partial charge is 0.454 e. The Morgan fingerprint density at radius 3 is 1.67 bits per heavy atom. The van der Waals surface area contributed by atoms with Crippen molar-refractivity contribution in [2.75, 3.05) is 0 Å². The van der Waals surface area contributed by atoms with Crippen LogP contribution in [-0.2, 0) is 0 Å². The zero-order chi connectivity index (χ0) is 33.8. The van der Waals surface area contributed by atoms with E-state index in [1.807, 2.05) is 66.7 Å². The summed E-state index contributed by atoms with van der Waals surface area (Å²) in [5, 5.41) is 6.30. The van der Waals surface area contributed by atoms with Crippen molar-refractivity contribution in [3.63, 3.8) is 0 Å². The van der Waals surface area contributed by atoms with Gasteiger partial charge in [-0.25, -0.2) is 0 Å². The van der Waals surface area contributed by atoms with Crippen LogP contribution in [0.25, 0.3) is 88.1 Å². The summed E-state index contributed by atoms with van der Waals surface area (Å²) in [6, 6.07) is 41.4. The van der Waals surface area contributed by atoms with Gasteiger partial charge in [-0.1, -0.05) is 109 Å². The van der Waals surface area contributed by atoms with Crippen LogP contribution in [0, 0.1) is 0 Å². The smallest absolute Gasteiger partial charge is 0.160 e. The van der Waals surface area contributed by atoms with E-state index in [-0.39, 0.29) is 29.7 Å². The number of fused-ring (bicyclic) bond motifs is 10. The van der Waals surface area contributed by atoms with E-state index < -0.39 is 6.04 Å². The Bertz CT molecular complexity index is 2980. The average molecular weight is 580 g/mol. The highest BCUT2D eigenvalue weighted by atomic mass is 16.3. The first-order valence-electron chi connectivity index (χ1n) is 17.5. The molecule has 0 saturated heterocycles. The van der Waals surface area contributed by atoms with Crippen LogP contribution in [0.4, 0.5) is 0 Å². The van der Waals surface area contributed by atoms with Crippen LogP contribution in [0.2, 0.25) is 0 Å². The quantitative estimate of drug-likeness (QED) is 0.204. The highest BCUT2D eigenvalue weighted by molar-refractivity contribution is 6.21. The lowest BCUT2D eigenvalue weighted by Gasteiger charge is -2.16.